The molecule has 5 nitrogen and oxygen atoms in total. The molecule has 104 valence electrons. The van der Waals surface area contributed by atoms with E-state index in [0.29, 0.717) is 0 Å². The predicted molar refractivity (Wildman–Crippen MR) is 71.4 cm³/mol. The van der Waals surface area contributed by atoms with E-state index < -0.39 is 11.9 Å². The van der Waals surface area contributed by atoms with Gasteiger partial charge < -0.3 is 15.5 Å². The van der Waals surface area contributed by atoms with Crippen LogP contribution in [-0.4, -0.2) is 35.2 Å². The number of nitrogens with one attached hydrogen (secondary N) is 1. The summed E-state index contributed by atoms with van der Waals surface area (Å²) in [7, 11) is 0. The highest BCUT2D eigenvalue weighted by atomic mass is 35.5. The molecule has 3 N–H and O–H groups in total. The molecule has 6 heteroatoms. The number of carbonyl (C=O) groups is 2. The molecule has 0 saturated carbocycles. The molecule has 1 aromatic rings. The maximum absolute atomic E-state index is 9.10. The van der Waals surface area contributed by atoms with Crippen molar-refractivity contribution in [2.24, 2.45) is 5.92 Å². The third-order valence-electron chi connectivity index (χ3n) is 2.81. The minimum absolute atomic E-state index is 0.778. The third kappa shape index (κ3) is 5.72. The molecule has 0 aliphatic carbocycles. The van der Waals surface area contributed by atoms with Crippen molar-refractivity contribution < 1.29 is 19.8 Å². The Bertz CT molecular complexity index is 432. The molecule has 1 saturated heterocycles. The number of aliphatic carboxylic acids is 2. The molecule has 1 aliphatic rings. The van der Waals surface area contributed by atoms with Gasteiger partial charge in [-0.1, -0.05) is 29.8 Å². The standard InChI is InChI=1S/C11H14ClN.C2H2O4/c12-11-4-2-1-3-10(11)7-9-5-6-13-8-9;3-1(4)2(5)6/h1-4,9,13H,5-8H2;(H,3,4)(H,5,6). The van der Waals surface area contributed by atoms with Crippen molar-refractivity contribution in [3.05, 3.63) is 34.9 Å². The van der Waals surface area contributed by atoms with Crippen LogP contribution >= 0.6 is 11.6 Å². The monoisotopic (exact) mass is 285 g/mol. The number of rotatable bonds is 2. The molecule has 1 atom stereocenters. The fourth-order valence-corrected chi connectivity index (χ4v) is 2.08. The van der Waals surface area contributed by atoms with Crippen LogP contribution in [0.3, 0.4) is 0 Å². The smallest absolute Gasteiger partial charge is 0.414 e. The minimum atomic E-state index is -1.82. The Morgan fingerprint density at radius 3 is 2.37 bits per heavy atom. The van der Waals surface area contributed by atoms with Gasteiger partial charge in [0.05, 0.1) is 0 Å². The quantitative estimate of drug-likeness (QED) is 0.719. The van der Waals surface area contributed by atoms with Gasteiger partial charge in [-0.2, -0.15) is 0 Å². The van der Waals surface area contributed by atoms with Crippen molar-refractivity contribution in [3.8, 4) is 0 Å². The van der Waals surface area contributed by atoms with E-state index in [-0.39, 0.29) is 0 Å². The van der Waals surface area contributed by atoms with Crippen LogP contribution in [0.2, 0.25) is 5.02 Å². The van der Waals surface area contributed by atoms with Gasteiger partial charge in [-0.25, -0.2) is 9.59 Å². The van der Waals surface area contributed by atoms with Gasteiger partial charge in [0.15, 0.2) is 0 Å². The van der Waals surface area contributed by atoms with E-state index in [4.69, 9.17) is 31.4 Å². The van der Waals surface area contributed by atoms with Crippen LogP contribution in [0, 0.1) is 5.92 Å². The average Bonchev–Trinajstić information content (AvgIpc) is 2.86. The van der Waals surface area contributed by atoms with Crippen molar-refractivity contribution in [2.75, 3.05) is 13.1 Å². The average molecular weight is 286 g/mol. The lowest BCUT2D eigenvalue weighted by molar-refractivity contribution is -0.159. The van der Waals surface area contributed by atoms with Gasteiger partial charge in [0, 0.05) is 5.02 Å². The SMILES string of the molecule is Clc1ccccc1CC1CCNC1.O=C(O)C(=O)O. The highest BCUT2D eigenvalue weighted by Gasteiger charge is 2.15. The zero-order valence-corrected chi connectivity index (χ0v) is 11.1. The Labute approximate surface area is 116 Å². The second kappa shape index (κ2) is 7.76. The van der Waals surface area contributed by atoms with Gasteiger partial charge in [-0.05, 0) is 43.5 Å². The van der Waals surface area contributed by atoms with Crippen LogP contribution in [0.4, 0.5) is 0 Å². The zero-order valence-electron chi connectivity index (χ0n) is 10.3. The Morgan fingerprint density at radius 2 is 1.89 bits per heavy atom. The maximum atomic E-state index is 9.10. The van der Waals surface area contributed by atoms with Gasteiger partial charge in [0.25, 0.3) is 0 Å². The van der Waals surface area contributed by atoms with E-state index in [2.05, 4.69) is 17.4 Å². The summed E-state index contributed by atoms with van der Waals surface area (Å²) in [6.45, 7) is 2.31. The molecule has 0 radical (unpaired) electrons. The van der Waals surface area contributed by atoms with Crippen LogP contribution < -0.4 is 5.32 Å². The normalized spacial score (nSPS) is 17.4. The van der Waals surface area contributed by atoms with Gasteiger partial charge in [0.1, 0.15) is 0 Å². The highest BCUT2D eigenvalue weighted by molar-refractivity contribution is 6.31. The Morgan fingerprint density at radius 1 is 1.26 bits per heavy atom. The number of hydrogen-bond acceptors (Lipinski definition) is 3. The first-order valence-corrected chi connectivity index (χ1v) is 6.29. The Kier molecular flexibility index (Phi) is 6.32. The predicted octanol–water partition coefficient (Wildman–Crippen LogP) is 1.65. The number of benzene rings is 1. The van der Waals surface area contributed by atoms with Gasteiger partial charge in [0.2, 0.25) is 0 Å². The number of hydrogen-bond donors (Lipinski definition) is 3. The molecule has 19 heavy (non-hydrogen) atoms. The molecule has 0 spiro atoms. The van der Waals surface area contributed by atoms with Crippen molar-refractivity contribution in [2.45, 2.75) is 12.8 Å². The molecule has 0 bridgehead atoms. The number of carboxylic acids is 2. The largest absolute Gasteiger partial charge is 0.473 e. The number of halogens is 1. The van der Waals surface area contributed by atoms with Crippen LogP contribution in [0.15, 0.2) is 24.3 Å². The minimum Gasteiger partial charge on any atom is -0.473 e. The Balaban J connectivity index is 0.000000258. The highest BCUT2D eigenvalue weighted by Crippen LogP contribution is 2.21. The zero-order chi connectivity index (χ0) is 14.3. The number of carboxylic acid groups (broad SMARTS) is 2. The molecule has 1 unspecified atom stereocenters. The van der Waals surface area contributed by atoms with Crippen molar-refractivity contribution in [3.63, 3.8) is 0 Å². The molecule has 1 aliphatic heterocycles. The van der Waals surface area contributed by atoms with E-state index in [1.165, 1.54) is 12.0 Å². The van der Waals surface area contributed by atoms with Gasteiger partial charge >= 0.3 is 11.9 Å². The molecular formula is C13H16ClNO4. The van der Waals surface area contributed by atoms with Crippen LogP contribution in [0.25, 0.3) is 0 Å². The second-order valence-corrected chi connectivity index (χ2v) is 4.67. The van der Waals surface area contributed by atoms with Gasteiger partial charge in [-0.3, -0.25) is 0 Å². The summed E-state index contributed by atoms with van der Waals surface area (Å²) in [6.07, 6.45) is 2.40. The molecule has 0 aromatic heterocycles. The summed E-state index contributed by atoms with van der Waals surface area (Å²) in [6, 6.07) is 8.14. The molecule has 2 rings (SSSR count). The molecule has 1 heterocycles. The fraction of sp³-hybridized carbons (Fsp3) is 0.385. The summed E-state index contributed by atoms with van der Waals surface area (Å²) in [5, 5.41) is 19.1. The maximum Gasteiger partial charge on any atom is 0.414 e. The summed E-state index contributed by atoms with van der Waals surface area (Å²) >= 11 is 6.08. The summed E-state index contributed by atoms with van der Waals surface area (Å²) < 4.78 is 0. The van der Waals surface area contributed by atoms with Crippen molar-refractivity contribution in [1.29, 1.82) is 0 Å². The van der Waals surface area contributed by atoms with Crippen molar-refractivity contribution in [1.82, 2.24) is 5.32 Å². The first kappa shape index (κ1) is 15.5. The third-order valence-corrected chi connectivity index (χ3v) is 3.18. The summed E-state index contributed by atoms with van der Waals surface area (Å²) in [4.78, 5) is 18.2. The molecule has 0 amide bonds. The first-order chi connectivity index (χ1) is 9.00. The molecule has 1 fully saturated rings. The molecule has 1 aromatic carbocycles. The Hall–Kier alpha value is -1.59. The lowest BCUT2D eigenvalue weighted by atomic mass is 9.99. The fourth-order valence-electron chi connectivity index (χ4n) is 1.86. The van der Waals surface area contributed by atoms with Crippen LogP contribution in [0.1, 0.15) is 12.0 Å². The first-order valence-electron chi connectivity index (χ1n) is 5.91. The summed E-state index contributed by atoms with van der Waals surface area (Å²) in [5.41, 5.74) is 1.29. The lowest BCUT2D eigenvalue weighted by Gasteiger charge is -2.09. The van der Waals surface area contributed by atoms with Crippen molar-refractivity contribution >= 4 is 23.5 Å². The van der Waals surface area contributed by atoms with E-state index in [1.807, 2.05) is 12.1 Å². The van der Waals surface area contributed by atoms with E-state index in [0.717, 1.165) is 30.5 Å². The molecular weight excluding hydrogens is 270 g/mol. The lowest BCUT2D eigenvalue weighted by Crippen LogP contribution is -2.10. The van der Waals surface area contributed by atoms with Crippen LogP contribution in [-0.2, 0) is 16.0 Å². The van der Waals surface area contributed by atoms with E-state index in [1.54, 1.807) is 0 Å². The second-order valence-electron chi connectivity index (χ2n) is 4.26. The van der Waals surface area contributed by atoms with E-state index >= 15 is 0 Å². The topological polar surface area (TPSA) is 86.6 Å². The summed E-state index contributed by atoms with van der Waals surface area (Å²) in [5.74, 6) is -2.87. The van der Waals surface area contributed by atoms with Crippen LogP contribution in [0.5, 0.6) is 0 Å². The van der Waals surface area contributed by atoms with E-state index in [9.17, 15) is 0 Å². The van der Waals surface area contributed by atoms with Gasteiger partial charge in [-0.15, -0.1) is 0 Å².